The van der Waals surface area contributed by atoms with Gasteiger partial charge in [-0.25, -0.2) is 0 Å². The fraction of sp³-hybridized carbons (Fsp3) is 0.706. The zero-order valence-electron chi connectivity index (χ0n) is 16.3. The second kappa shape index (κ2) is 11.0. The van der Waals surface area contributed by atoms with Gasteiger partial charge in [-0.05, 0) is 6.92 Å². The molecular formula is C17H24O10S. The van der Waals surface area contributed by atoms with E-state index < -0.39 is 53.7 Å². The van der Waals surface area contributed by atoms with E-state index in [1.165, 1.54) is 13.8 Å². The van der Waals surface area contributed by atoms with Gasteiger partial charge in [0.2, 0.25) is 0 Å². The maximum Gasteiger partial charge on any atom is 0.303 e. The fourth-order valence-corrected chi connectivity index (χ4v) is 3.54. The molecule has 28 heavy (non-hydrogen) atoms. The van der Waals surface area contributed by atoms with E-state index in [2.05, 4.69) is 0 Å². The standard InChI is InChI=1S/C17H24O10S/c1-8(18)7-28-17-16(26-12(5)22)15(25-11(4)21)14(24-10(3)20)13(27-17)6-23-9(2)19/h13-17H,6-7H2,1-5H3/t13-,14+,15+,16-,17+/m1/s1. The van der Waals surface area contributed by atoms with Crippen LogP contribution in [0.5, 0.6) is 0 Å². The summed E-state index contributed by atoms with van der Waals surface area (Å²) in [7, 11) is 0. The van der Waals surface area contributed by atoms with Crippen LogP contribution in [0.1, 0.15) is 34.6 Å². The predicted molar refractivity (Wildman–Crippen MR) is 95.1 cm³/mol. The molecule has 10 nitrogen and oxygen atoms in total. The van der Waals surface area contributed by atoms with Crippen molar-refractivity contribution in [2.75, 3.05) is 12.4 Å². The molecule has 1 saturated heterocycles. The normalized spacial score (nSPS) is 26.7. The number of Topliss-reactive ketones (excluding diaryl/α,β-unsaturated/α-hetero) is 1. The van der Waals surface area contributed by atoms with Gasteiger partial charge in [0.25, 0.3) is 0 Å². The van der Waals surface area contributed by atoms with Crippen LogP contribution in [0.3, 0.4) is 0 Å². The third-order valence-electron chi connectivity index (χ3n) is 3.40. The minimum atomic E-state index is -1.22. The largest absolute Gasteiger partial charge is 0.463 e. The van der Waals surface area contributed by atoms with Gasteiger partial charge in [0.15, 0.2) is 18.3 Å². The van der Waals surface area contributed by atoms with Crippen LogP contribution < -0.4 is 0 Å². The molecule has 0 aliphatic carbocycles. The van der Waals surface area contributed by atoms with Crippen molar-refractivity contribution in [2.45, 2.75) is 64.5 Å². The van der Waals surface area contributed by atoms with Crippen LogP contribution in [0.2, 0.25) is 0 Å². The Labute approximate surface area is 166 Å². The van der Waals surface area contributed by atoms with Gasteiger partial charge in [-0.3, -0.25) is 24.0 Å². The highest BCUT2D eigenvalue weighted by molar-refractivity contribution is 8.00. The number of hydrogen-bond acceptors (Lipinski definition) is 11. The molecule has 0 N–H and O–H groups in total. The molecule has 0 spiro atoms. The summed E-state index contributed by atoms with van der Waals surface area (Å²) < 4.78 is 26.5. The van der Waals surface area contributed by atoms with Crippen molar-refractivity contribution in [3.63, 3.8) is 0 Å². The molecule has 1 fully saturated rings. The molecule has 0 aromatic rings. The molecule has 0 radical (unpaired) electrons. The molecule has 0 unspecified atom stereocenters. The van der Waals surface area contributed by atoms with Gasteiger partial charge in [0.05, 0.1) is 5.75 Å². The molecule has 0 aromatic heterocycles. The van der Waals surface area contributed by atoms with Crippen molar-refractivity contribution >= 4 is 41.4 Å². The number of ketones is 1. The third-order valence-corrected chi connectivity index (χ3v) is 4.68. The minimum Gasteiger partial charge on any atom is -0.463 e. The number of carbonyl (C=O) groups excluding carboxylic acids is 5. The SMILES string of the molecule is CC(=O)CS[C@@H]1O[C@H](COC(C)=O)[C@H](OC(C)=O)[C@H](OC(C)=O)[C@H]1OC(C)=O. The van der Waals surface area contributed by atoms with Gasteiger partial charge >= 0.3 is 23.9 Å². The van der Waals surface area contributed by atoms with E-state index in [4.69, 9.17) is 23.7 Å². The summed E-state index contributed by atoms with van der Waals surface area (Å²) >= 11 is 1.02. The van der Waals surface area contributed by atoms with E-state index in [0.29, 0.717) is 0 Å². The number of carbonyl (C=O) groups is 5. The Balaban J connectivity index is 3.26. The quantitative estimate of drug-likeness (QED) is 0.399. The van der Waals surface area contributed by atoms with Gasteiger partial charge < -0.3 is 23.7 Å². The van der Waals surface area contributed by atoms with Gasteiger partial charge in [0, 0.05) is 27.7 Å². The summed E-state index contributed by atoms with van der Waals surface area (Å²) in [4.78, 5) is 57.3. The first-order valence-electron chi connectivity index (χ1n) is 8.42. The van der Waals surface area contributed by atoms with Crippen molar-refractivity contribution in [1.29, 1.82) is 0 Å². The third kappa shape index (κ3) is 7.85. The average molecular weight is 420 g/mol. The van der Waals surface area contributed by atoms with E-state index in [1.54, 1.807) is 0 Å². The molecule has 11 heteroatoms. The van der Waals surface area contributed by atoms with E-state index in [1.807, 2.05) is 0 Å². The van der Waals surface area contributed by atoms with E-state index in [-0.39, 0.29) is 18.1 Å². The molecule has 1 aliphatic rings. The molecule has 1 heterocycles. The summed E-state index contributed by atoms with van der Waals surface area (Å²) in [5.41, 5.74) is -0.926. The van der Waals surface area contributed by atoms with Crippen molar-refractivity contribution in [3.05, 3.63) is 0 Å². The van der Waals surface area contributed by atoms with Crippen LogP contribution in [0.4, 0.5) is 0 Å². The van der Waals surface area contributed by atoms with Gasteiger partial charge in [-0.2, -0.15) is 0 Å². The van der Waals surface area contributed by atoms with Crippen LogP contribution in [-0.2, 0) is 47.7 Å². The second-order valence-electron chi connectivity index (χ2n) is 6.08. The molecule has 5 atom stereocenters. The van der Waals surface area contributed by atoms with Gasteiger partial charge in [0.1, 0.15) is 23.9 Å². The summed E-state index contributed by atoms with van der Waals surface area (Å²) in [6, 6.07) is 0. The monoisotopic (exact) mass is 420 g/mol. The van der Waals surface area contributed by atoms with E-state index in [0.717, 1.165) is 32.5 Å². The predicted octanol–water partition coefficient (Wildman–Crippen LogP) is 0.392. The molecule has 1 aliphatic heterocycles. The Morgan fingerprint density at radius 2 is 1.25 bits per heavy atom. The lowest BCUT2D eigenvalue weighted by Crippen LogP contribution is -2.61. The maximum atomic E-state index is 11.6. The smallest absolute Gasteiger partial charge is 0.303 e. The Morgan fingerprint density at radius 3 is 1.71 bits per heavy atom. The van der Waals surface area contributed by atoms with E-state index >= 15 is 0 Å². The first kappa shape index (κ1) is 23.9. The van der Waals surface area contributed by atoms with Crippen LogP contribution in [0.25, 0.3) is 0 Å². The average Bonchev–Trinajstić information content (AvgIpc) is 2.54. The Kier molecular flexibility index (Phi) is 9.39. The number of ether oxygens (including phenoxy) is 5. The second-order valence-corrected chi connectivity index (χ2v) is 7.17. The minimum absolute atomic E-state index is 0.0355. The lowest BCUT2D eigenvalue weighted by Gasteiger charge is -2.44. The Hall–Kier alpha value is -2.14. The summed E-state index contributed by atoms with van der Waals surface area (Å²) in [5.74, 6) is -2.80. The van der Waals surface area contributed by atoms with Crippen molar-refractivity contribution in [1.82, 2.24) is 0 Å². The first-order valence-corrected chi connectivity index (χ1v) is 9.47. The number of hydrogen-bond donors (Lipinski definition) is 0. The molecular weight excluding hydrogens is 396 g/mol. The molecule has 0 bridgehead atoms. The zero-order valence-corrected chi connectivity index (χ0v) is 17.1. The van der Waals surface area contributed by atoms with Crippen molar-refractivity contribution in [2.24, 2.45) is 0 Å². The highest BCUT2D eigenvalue weighted by Gasteiger charge is 2.52. The van der Waals surface area contributed by atoms with E-state index in [9.17, 15) is 24.0 Å². The zero-order chi connectivity index (χ0) is 21.4. The van der Waals surface area contributed by atoms with Crippen molar-refractivity contribution in [3.8, 4) is 0 Å². The number of rotatable bonds is 8. The maximum absolute atomic E-state index is 11.6. The highest BCUT2D eigenvalue weighted by Crippen LogP contribution is 2.34. The Bertz CT molecular complexity index is 575. The Morgan fingerprint density at radius 1 is 0.750 bits per heavy atom. The first-order chi connectivity index (χ1) is 13.0. The molecule has 0 amide bonds. The van der Waals surface area contributed by atoms with Crippen molar-refractivity contribution < 1.29 is 47.7 Å². The van der Waals surface area contributed by atoms with Gasteiger partial charge in [-0.15, -0.1) is 11.8 Å². The number of esters is 4. The van der Waals surface area contributed by atoms with Crippen LogP contribution >= 0.6 is 11.8 Å². The molecule has 0 aromatic carbocycles. The summed E-state index contributed by atoms with van der Waals surface area (Å²) in [6.07, 6.45) is -4.57. The van der Waals surface area contributed by atoms with Crippen LogP contribution in [0.15, 0.2) is 0 Å². The molecule has 1 rings (SSSR count). The van der Waals surface area contributed by atoms with Crippen LogP contribution in [-0.4, -0.2) is 71.9 Å². The topological polar surface area (TPSA) is 132 Å². The highest BCUT2D eigenvalue weighted by atomic mass is 32.2. The lowest BCUT2D eigenvalue weighted by molar-refractivity contribution is -0.237. The fourth-order valence-electron chi connectivity index (χ4n) is 2.52. The molecule has 158 valence electrons. The summed E-state index contributed by atoms with van der Waals surface area (Å²) in [5, 5.41) is 0. The lowest BCUT2D eigenvalue weighted by atomic mass is 9.99. The number of thioether (sulfide) groups is 1. The van der Waals surface area contributed by atoms with Gasteiger partial charge in [-0.1, -0.05) is 0 Å². The van der Waals surface area contributed by atoms with Crippen LogP contribution in [0, 0.1) is 0 Å². The summed E-state index contributed by atoms with van der Waals surface area (Å²) in [6.45, 7) is 5.71. The molecule has 0 saturated carbocycles.